The van der Waals surface area contributed by atoms with Crippen LogP contribution in [0.25, 0.3) is 0 Å². The van der Waals surface area contributed by atoms with E-state index in [1.165, 1.54) is 6.07 Å². The van der Waals surface area contributed by atoms with Crippen LogP contribution in [0.2, 0.25) is 0 Å². The van der Waals surface area contributed by atoms with Crippen LogP contribution in [0.15, 0.2) is 17.1 Å². The molecule has 2 heterocycles. The van der Waals surface area contributed by atoms with Crippen LogP contribution in [0.4, 0.5) is 5.82 Å². The topological polar surface area (TPSA) is 325 Å². The molecule has 0 amide bonds. The predicted molar refractivity (Wildman–Crippen MR) is 110 cm³/mol. The first-order valence-corrected chi connectivity index (χ1v) is 12.4. The Morgan fingerprint density at radius 2 is 1.63 bits per heavy atom. The fourth-order valence-corrected chi connectivity index (χ4v) is 4.11. The van der Waals surface area contributed by atoms with Crippen molar-refractivity contribution in [1.29, 1.82) is 0 Å². The van der Waals surface area contributed by atoms with E-state index in [1.54, 1.807) is 0 Å². The van der Waals surface area contributed by atoms with E-state index in [0.717, 1.165) is 10.8 Å². The number of aliphatic hydroxyl groups is 7. The molecule has 0 radical (unpaired) electrons. The van der Waals surface area contributed by atoms with E-state index >= 15 is 0 Å². The zero-order valence-electron chi connectivity index (χ0n) is 17.6. The lowest BCUT2D eigenvalue weighted by Crippen LogP contribution is -2.41. The third kappa shape index (κ3) is 9.89. The van der Waals surface area contributed by atoms with Crippen LogP contribution >= 0.6 is 15.6 Å². The second-order valence-corrected chi connectivity index (χ2v) is 9.75. The molecule has 35 heavy (non-hydrogen) atoms. The summed E-state index contributed by atoms with van der Waals surface area (Å²) in [6.07, 6.45) is -9.22. The highest BCUT2D eigenvalue weighted by Gasteiger charge is 2.45. The van der Waals surface area contributed by atoms with Crippen molar-refractivity contribution in [3.05, 3.63) is 22.7 Å². The number of hydrogen-bond donors (Lipinski definition) is 11. The standard InChI is InChI=1S/C9H15N3O11P2.C5H12O5/c10-5-1-2-12(9(15)11-5)8-7(14)6(13)4(22-8)3-21-25(19,20)23-24(16,17)18;6-1-3(8)5(10)4(9)2-7/h1-2,4,6-8,13-14H,3H2,(H,19,20)(H2,10,11,15)(H2,16,17,18);3-10H,1-2H2/t4-,6-,7-,8+;3-,4+,5-/m1./s1. The van der Waals surface area contributed by atoms with Gasteiger partial charge in [0.1, 0.15) is 42.4 Å². The second-order valence-electron chi connectivity index (χ2n) is 6.92. The molecule has 1 saturated heterocycles. The zero-order valence-corrected chi connectivity index (χ0v) is 19.4. The highest BCUT2D eigenvalue weighted by Crippen LogP contribution is 2.57. The van der Waals surface area contributed by atoms with E-state index in [0.29, 0.717) is 0 Å². The van der Waals surface area contributed by atoms with Crippen molar-refractivity contribution in [3.8, 4) is 0 Å². The minimum Gasteiger partial charge on any atom is -0.394 e. The highest BCUT2D eigenvalue weighted by molar-refractivity contribution is 7.60. The zero-order chi connectivity index (χ0) is 27.1. The Balaban J connectivity index is 0.000000518. The maximum absolute atomic E-state index is 11.7. The van der Waals surface area contributed by atoms with Crippen molar-refractivity contribution in [2.24, 2.45) is 0 Å². The Hall–Kier alpha value is -1.38. The molecule has 1 aromatic heterocycles. The number of anilines is 1. The van der Waals surface area contributed by atoms with Gasteiger partial charge in [0.2, 0.25) is 0 Å². The van der Waals surface area contributed by atoms with E-state index < -0.39 is 84.0 Å². The van der Waals surface area contributed by atoms with E-state index in [1.807, 2.05) is 0 Å². The number of nitrogens with two attached hydrogens (primary N) is 1. The molecule has 2 rings (SSSR count). The van der Waals surface area contributed by atoms with Gasteiger partial charge in [-0.1, -0.05) is 0 Å². The maximum Gasteiger partial charge on any atom is 0.481 e. The predicted octanol–water partition coefficient (Wildman–Crippen LogP) is -5.28. The molecule has 1 aliphatic rings. The Bertz CT molecular complexity index is 948. The fraction of sp³-hybridized carbons (Fsp3) is 0.714. The fourth-order valence-electron chi connectivity index (χ4n) is 2.51. The number of hydrogen-bond acceptors (Lipinski definition) is 15. The quantitative estimate of drug-likeness (QED) is 0.120. The van der Waals surface area contributed by atoms with E-state index in [-0.39, 0.29) is 5.82 Å². The van der Waals surface area contributed by atoms with Gasteiger partial charge in [-0.2, -0.15) is 9.29 Å². The normalized spacial score (nSPS) is 26.8. The summed E-state index contributed by atoms with van der Waals surface area (Å²) in [5.74, 6) is -0.0787. The van der Waals surface area contributed by atoms with E-state index in [4.69, 9.17) is 50.7 Å². The Kier molecular flexibility index (Phi) is 12.0. The number of nitrogen functional groups attached to an aromatic ring is 1. The van der Waals surface area contributed by atoms with Crippen molar-refractivity contribution >= 4 is 21.5 Å². The first-order valence-electron chi connectivity index (χ1n) is 9.39. The molecule has 1 aromatic rings. The van der Waals surface area contributed by atoms with Gasteiger partial charge in [-0.05, 0) is 6.07 Å². The number of nitrogens with zero attached hydrogens (tertiary/aromatic N) is 2. The second kappa shape index (κ2) is 13.2. The van der Waals surface area contributed by atoms with Crippen molar-refractivity contribution < 1.29 is 73.1 Å². The van der Waals surface area contributed by atoms with Crippen molar-refractivity contribution in [3.63, 3.8) is 0 Å². The molecule has 1 unspecified atom stereocenters. The molecular formula is C14H27N3O16P2. The summed E-state index contributed by atoms with van der Waals surface area (Å²) in [5.41, 5.74) is 4.45. The first kappa shape index (κ1) is 31.6. The highest BCUT2D eigenvalue weighted by atomic mass is 31.3. The summed E-state index contributed by atoms with van der Waals surface area (Å²) in [6, 6.07) is 1.24. The molecule has 0 aromatic carbocycles. The Morgan fingerprint density at radius 1 is 1.09 bits per heavy atom. The minimum atomic E-state index is -5.30. The summed E-state index contributed by atoms with van der Waals surface area (Å²) in [6.45, 7) is -2.16. The number of aliphatic hydroxyl groups excluding tert-OH is 7. The van der Waals surface area contributed by atoms with Gasteiger partial charge in [0.05, 0.1) is 19.8 Å². The largest absolute Gasteiger partial charge is 0.481 e. The number of phosphoric acid groups is 2. The van der Waals surface area contributed by atoms with Crippen LogP contribution in [-0.2, 0) is 22.7 Å². The average Bonchev–Trinajstić information content (AvgIpc) is 3.03. The molecule has 204 valence electrons. The van der Waals surface area contributed by atoms with Crippen molar-refractivity contribution in [2.45, 2.75) is 42.9 Å². The molecule has 0 spiro atoms. The van der Waals surface area contributed by atoms with Crippen LogP contribution < -0.4 is 11.4 Å². The SMILES string of the molecule is Nc1ccn([C@H]2O[C@H](COP(=O)(O)OP(=O)(O)O)[C@@H](O)[C@H]2O)c(=O)n1.OC[C@@H](O)[C@@H](O)[C@@H](O)CO. The minimum absolute atomic E-state index is 0.0787. The number of ether oxygens (including phenoxy) is 1. The van der Waals surface area contributed by atoms with Crippen LogP contribution in [0.1, 0.15) is 6.23 Å². The third-order valence-electron chi connectivity index (χ3n) is 4.24. The summed E-state index contributed by atoms with van der Waals surface area (Å²) in [7, 11) is -10.5. The third-order valence-corrected chi connectivity index (χ3v) is 6.39. The Morgan fingerprint density at radius 3 is 2.09 bits per heavy atom. The average molecular weight is 555 g/mol. The monoisotopic (exact) mass is 555 g/mol. The molecule has 19 nitrogen and oxygen atoms in total. The van der Waals surface area contributed by atoms with Crippen LogP contribution in [0, 0.1) is 0 Å². The van der Waals surface area contributed by atoms with Gasteiger partial charge in [-0.25, -0.2) is 13.9 Å². The van der Waals surface area contributed by atoms with Crippen LogP contribution in [-0.4, -0.2) is 116 Å². The maximum atomic E-state index is 11.7. The molecule has 0 aliphatic carbocycles. The van der Waals surface area contributed by atoms with Crippen molar-refractivity contribution in [2.75, 3.05) is 25.6 Å². The molecule has 0 saturated carbocycles. The van der Waals surface area contributed by atoms with Gasteiger partial charge in [-0.15, -0.1) is 0 Å². The van der Waals surface area contributed by atoms with Gasteiger partial charge in [0.15, 0.2) is 6.23 Å². The Labute approximate surface area is 196 Å². The summed E-state index contributed by atoms with van der Waals surface area (Å²) >= 11 is 0. The molecule has 0 bridgehead atoms. The summed E-state index contributed by atoms with van der Waals surface area (Å²) in [4.78, 5) is 41.3. The first-order chi connectivity index (χ1) is 16.0. The van der Waals surface area contributed by atoms with Gasteiger partial charge in [-0.3, -0.25) is 9.09 Å². The van der Waals surface area contributed by atoms with Gasteiger partial charge in [0, 0.05) is 6.20 Å². The van der Waals surface area contributed by atoms with Gasteiger partial charge >= 0.3 is 21.3 Å². The smallest absolute Gasteiger partial charge is 0.394 e. The molecule has 1 aliphatic heterocycles. The van der Waals surface area contributed by atoms with Crippen molar-refractivity contribution in [1.82, 2.24) is 9.55 Å². The van der Waals surface area contributed by atoms with Crippen LogP contribution in [0.3, 0.4) is 0 Å². The van der Waals surface area contributed by atoms with Gasteiger partial charge < -0.3 is 60.9 Å². The lowest BCUT2D eigenvalue weighted by atomic mass is 10.1. The van der Waals surface area contributed by atoms with Gasteiger partial charge in [0.25, 0.3) is 0 Å². The summed E-state index contributed by atoms with van der Waals surface area (Å²) < 4.78 is 35.8. The molecular weight excluding hydrogens is 528 g/mol. The molecule has 1 fully saturated rings. The number of phosphoric ester groups is 1. The molecule has 21 heteroatoms. The van der Waals surface area contributed by atoms with Crippen LogP contribution in [0.5, 0.6) is 0 Å². The van der Waals surface area contributed by atoms with E-state index in [2.05, 4.69) is 13.8 Å². The molecule has 8 atom stereocenters. The van der Waals surface area contributed by atoms with E-state index in [9.17, 15) is 24.1 Å². The molecule has 12 N–H and O–H groups in total. The summed E-state index contributed by atoms with van der Waals surface area (Å²) in [5, 5.41) is 62.4. The number of rotatable bonds is 10. The lowest BCUT2D eigenvalue weighted by Gasteiger charge is -2.19. The number of aromatic nitrogens is 2. The lowest BCUT2D eigenvalue weighted by molar-refractivity contribution is -0.0900.